The fourth-order valence-electron chi connectivity index (χ4n) is 8.99. The lowest BCUT2D eigenvalue weighted by atomic mass is 9.99. The number of allylic oxidation sites excluding steroid dienone is 7. The van der Waals surface area contributed by atoms with Gasteiger partial charge in [0, 0.05) is 6.42 Å². The minimum absolute atomic E-state index is 0.117. The predicted octanol–water partition coefficient (Wildman–Crippen LogP) is 13.3. The number of aliphatic hydroxyl groups is 5. The van der Waals surface area contributed by atoms with Crippen molar-refractivity contribution in [1.82, 2.24) is 5.32 Å². The Hall–Kier alpha value is -2.38. The van der Waals surface area contributed by atoms with Crippen LogP contribution in [0.4, 0.5) is 0 Å². The molecule has 1 aliphatic rings. The first-order valence-corrected chi connectivity index (χ1v) is 29.4. The van der Waals surface area contributed by atoms with Crippen molar-refractivity contribution >= 4 is 11.9 Å². The van der Waals surface area contributed by atoms with Gasteiger partial charge in [-0.3, -0.25) is 9.59 Å². The second kappa shape index (κ2) is 48.6. The van der Waals surface area contributed by atoms with Crippen LogP contribution in [0.3, 0.4) is 0 Å². The SMILES string of the molecule is CCCCC/C=C/C=C/CCCCCCCC(O)C(=O)NC(COC1OC(CO)C(O)C(O)C1OC(=O)CCCCCCCCC/C=C/CCCCCCCC)C(O)/C=C/CCCCCCCCCCC. The van der Waals surface area contributed by atoms with Crippen LogP contribution >= 0.6 is 0 Å². The van der Waals surface area contributed by atoms with Gasteiger partial charge >= 0.3 is 5.97 Å². The first-order chi connectivity index (χ1) is 34.7. The van der Waals surface area contributed by atoms with E-state index in [0.717, 1.165) is 89.9 Å². The highest BCUT2D eigenvalue weighted by Gasteiger charge is 2.47. The summed E-state index contributed by atoms with van der Waals surface area (Å²) in [4.78, 5) is 26.5. The summed E-state index contributed by atoms with van der Waals surface area (Å²) in [6, 6.07) is -1.03. The summed E-state index contributed by atoms with van der Waals surface area (Å²) >= 11 is 0. The van der Waals surface area contributed by atoms with Gasteiger partial charge in [-0.25, -0.2) is 0 Å². The maximum atomic E-state index is 13.4. The Labute approximate surface area is 434 Å². The number of esters is 1. The zero-order valence-corrected chi connectivity index (χ0v) is 45.6. The highest BCUT2D eigenvalue weighted by atomic mass is 16.7. The Balaban J connectivity index is 2.71. The van der Waals surface area contributed by atoms with E-state index >= 15 is 0 Å². The third kappa shape index (κ3) is 37.1. The van der Waals surface area contributed by atoms with Crippen molar-refractivity contribution in [2.75, 3.05) is 13.2 Å². The molecule has 1 saturated heterocycles. The van der Waals surface area contributed by atoms with Gasteiger partial charge in [0.1, 0.15) is 24.4 Å². The van der Waals surface area contributed by atoms with E-state index in [0.29, 0.717) is 12.8 Å². The summed E-state index contributed by atoms with van der Waals surface area (Å²) in [5, 5.41) is 56.8. The average molecular weight is 1000 g/mol. The average Bonchev–Trinajstić information content (AvgIpc) is 3.37. The fourth-order valence-corrected chi connectivity index (χ4v) is 8.99. The number of rotatable bonds is 49. The van der Waals surface area contributed by atoms with Crippen LogP contribution in [-0.2, 0) is 23.8 Å². The number of nitrogens with one attached hydrogen (secondary N) is 1. The maximum absolute atomic E-state index is 13.4. The third-order valence-electron chi connectivity index (χ3n) is 13.7. The van der Waals surface area contributed by atoms with E-state index in [1.165, 1.54) is 122 Å². The minimum Gasteiger partial charge on any atom is -0.454 e. The van der Waals surface area contributed by atoms with Gasteiger partial charge < -0.3 is 45.1 Å². The van der Waals surface area contributed by atoms with Crippen molar-refractivity contribution in [2.45, 2.75) is 307 Å². The van der Waals surface area contributed by atoms with Gasteiger partial charge in [0.15, 0.2) is 12.4 Å². The molecule has 1 fully saturated rings. The number of aliphatic hydroxyl groups excluding tert-OH is 5. The van der Waals surface area contributed by atoms with Crippen LogP contribution in [0.15, 0.2) is 48.6 Å². The van der Waals surface area contributed by atoms with Crippen molar-refractivity contribution in [3.63, 3.8) is 0 Å². The van der Waals surface area contributed by atoms with E-state index in [9.17, 15) is 35.1 Å². The van der Waals surface area contributed by atoms with E-state index in [4.69, 9.17) is 14.2 Å². The summed E-state index contributed by atoms with van der Waals surface area (Å²) in [5.74, 6) is -1.21. The Morgan fingerprint density at radius 3 is 1.48 bits per heavy atom. The van der Waals surface area contributed by atoms with E-state index in [1.54, 1.807) is 6.08 Å². The maximum Gasteiger partial charge on any atom is 0.306 e. The van der Waals surface area contributed by atoms with Crippen LogP contribution < -0.4 is 5.32 Å². The van der Waals surface area contributed by atoms with Crippen molar-refractivity contribution in [2.24, 2.45) is 0 Å². The van der Waals surface area contributed by atoms with Crippen LogP contribution in [0, 0.1) is 0 Å². The molecular formula is C60H109NO10. The van der Waals surface area contributed by atoms with Crippen LogP contribution in [0.2, 0.25) is 0 Å². The Kier molecular flexibility index (Phi) is 45.6. The molecule has 8 atom stereocenters. The van der Waals surface area contributed by atoms with Gasteiger partial charge in [0.25, 0.3) is 0 Å². The number of hydrogen-bond acceptors (Lipinski definition) is 10. The molecule has 0 aliphatic carbocycles. The minimum atomic E-state index is -1.62. The first kappa shape index (κ1) is 66.6. The lowest BCUT2D eigenvalue weighted by Crippen LogP contribution is -2.61. The molecule has 1 aliphatic heterocycles. The van der Waals surface area contributed by atoms with Crippen molar-refractivity contribution < 1.29 is 49.3 Å². The van der Waals surface area contributed by atoms with Crippen LogP contribution in [0.1, 0.15) is 258 Å². The monoisotopic (exact) mass is 1000 g/mol. The van der Waals surface area contributed by atoms with Crippen LogP contribution in [0.25, 0.3) is 0 Å². The van der Waals surface area contributed by atoms with Crippen molar-refractivity contribution in [3.05, 3.63) is 48.6 Å². The number of amides is 1. The smallest absolute Gasteiger partial charge is 0.306 e. The van der Waals surface area contributed by atoms with Crippen molar-refractivity contribution in [1.29, 1.82) is 0 Å². The van der Waals surface area contributed by atoms with Gasteiger partial charge in [-0.1, -0.05) is 223 Å². The lowest BCUT2D eigenvalue weighted by molar-refractivity contribution is -0.305. The van der Waals surface area contributed by atoms with Crippen LogP contribution in [-0.4, -0.2) is 99.6 Å². The number of hydrogen-bond donors (Lipinski definition) is 6. The van der Waals surface area contributed by atoms with E-state index < -0.39 is 67.4 Å². The normalized spacial score (nSPS) is 19.9. The molecule has 11 heteroatoms. The molecule has 71 heavy (non-hydrogen) atoms. The molecule has 1 amide bonds. The van der Waals surface area contributed by atoms with Gasteiger partial charge in [0.2, 0.25) is 5.91 Å². The molecule has 0 saturated carbocycles. The number of carbonyl (C=O) groups is 2. The summed E-state index contributed by atoms with van der Waals surface area (Å²) in [6.45, 7) is 5.73. The quantitative estimate of drug-likeness (QED) is 0.0149. The standard InChI is InChI=1S/C60H109NO10/c1-4-7-10-13-16-19-22-24-26-27-28-30-33-36-39-42-45-48-55(65)71-58-57(67)56(66)54(49-62)70-60(58)69-50-51(52(63)46-43-40-37-34-31-21-18-15-12-9-6-3)61-59(68)53(64)47-44-41-38-35-32-29-25-23-20-17-14-11-8-5-2/h17,20,23-26,43,46,51-54,56-58,60,62-64,66-67H,4-16,18-19,21-22,27-42,44-45,47-50H2,1-3H3,(H,61,68)/b20-17+,25-23+,26-24+,46-43+. The molecule has 6 N–H and O–H groups in total. The molecule has 0 spiro atoms. The zero-order valence-electron chi connectivity index (χ0n) is 45.6. The molecule has 1 heterocycles. The number of carbonyl (C=O) groups excluding carboxylic acids is 2. The molecule has 0 aromatic rings. The third-order valence-corrected chi connectivity index (χ3v) is 13.7. The number of unbranched alkanes of at least 4 members (excludes halogenated alkanes) is 30. The molecular weight excluding hydrogens is 895 g/mol. The van der Waals surface area contributed by atoms with Gasteiger partial charge in [-0.2, -0.15) is 0 Å². The van der Waals surface area contributed by atoms with E-state index in [2.05, 4.69) is 62.5 Å². The second-order valence-electron chi connectivity index (χ2n) is 20.4. The molecule has 1 rings (SSSR count). The highest BCUT2D eigenvalue weighted by Crippen LogP contribution is 2.26. The Morgan fingerprint density at radius 1 is 0.549 bits per heavy atom. The highest BCUT2D eigenvalue weighted by molar-refractivity contribution is 5.80. The second-order valence-corrected chi connectivity index (χ2v) is 20.4. The van der Waals surface area contributed by atoms with Gasteiger partial charge in [-0.05, 0) is 77.0 Å². The predicted molar refractivity (Wildman–Crippen MR) is 292 cm³/mol. The molecule has 0 radical (unpaired) electrons. The number of ether oxygens (including phenoxy) is 3. The molecule has 414 valence electrons. The van der Waals surface area contributed by atoms with E-state index in [-0.39, 0.29) is 19.4 Å². The van der Waals surface area contributed by atoms with Gasteiger partial charge in [0.05, 0.1) is 25.4 Å². The summed E-state index contributed by atoms with van der Waals surface area (Å²) < 4.78 is 17.6. The largest absolute Gasteiger partial charge is 0.454 e. The molecule has 0 bridgehead atoms. The molecule has 0 aromatic carbocycles. The summed E-state index contributed by atoms with van der Waals surface area (Å²) in [6.07, 6.45) is 47.2. The Bertz CT molecular complexity index is 1340. The van der Waals surface area contributed by atoms with Crippen molar-refractivity contribution in [3.8, 4) is 0 Å². The molecule has 11 nitrogen and oxygen atoms in total. The first-order valence-electron chi connectivity index (χ1n) is 29.4. The fraction of sp³-hybridized carbons (Fsp3) is 0.833. The molecule has 8 unspecified atom stereocenters. The van der Waals surface area contributed by atoms with Gasteiger partial charge in [-0.15, -0.1) is 0 Å². The summed E-state index contributed by atoms with van der Waals surface area (Å²) in [5.41, 5.74) is 0. The van der Waals surface area contributed by atoms with Crippen LogP contribution in [0.5, 0.6) is 0 Å². The zero-order chi connectivity index (χ0) is 51.8. The molecule has 0 aromatic heterocycles. The topological polar surface area (TPSA) is 175 Å². The Morgan fingerprint density at radius 2 is 0.972 bits per heavy atom. The summed E-state index contributed by atoms with van der Waals surface area (Å²) in [7, 11) is 0. The van der Waals surface area contributed by atoms with E-state index in [1.807, 2.05) is 6.08 Å². The lowest BCUT2D eigenvalue weighted by Gasteiger charge is -2.41.